The maximum absolute atomic E-state index is 11.9. The van der Waals surface area contributed by atoms with Crippen LogP contribution in [0.5, 0.6) is 11.5 Å². The second-order valence-corrected chi connectivity index (χ2v) is 4.46. The Balaban J connectivity index is 2.74. The fourth-order valence-corrected chi connectivity index (χ4v) is 1.72. The molecule has 0 bridgehead atoms. The Morgan fingerprint density at radius 1 is 1.19 bits per heavy atom. The summed E-state index contributed by atoms with van der Waals surface area (Å²) in [4.78, 5) is 33.9. The Morgan fingerprint density at radius 3 is 2.43 bits per heavy atom. The first-order valence-electron chi connectivity index (χ1n) is 6.22. The molecule has 0 saturated carbocycles. The molecule has 0 radical (unpaired) electrons. The van der Waals surface area contributed by atoms with Crippen molar-refractivity contribution in [3.63, 3.8) is 0 Å². The van der Waals surface area contributed by atoms with Crippen LogP contribution in [0.4, 0.5) is 0 Å². The molecule has 7 N–H and O–H groups in total. The van der Waals surface area contributed by atoms with E-state index in [1.165, 1.54) is 18.2 Å². The van der Waals surface area contributed by atoms with Crippen LogP contribution in [0.1, 0.15) is 29.6 Å². The largest absolute Gasteiger partial charge is 0.504 e. The molecular weight excluding hydrogens is 278 g/mol. The zero-order valence-electron chi connectivity index (χ0n) is 11.2. The van der Waals surface area contributed by atoms with Crippen molar-refractivity contribution < 1.29 is 24.6 Å². The summed E-state index contributed by atoms with van der Waals surface area (Å²) in [6.45, 7) is 0. The molecule has 1 aromatic carbocycles. The van der Waals surface area contributed by atoms with Crippen LogP contribution in [0.25, 0.3) is 0 Å². The van der Waals surface area contributed by atoms with Gasteiger partial charge in [-0.2, -0.15) is 0 Å². The summed E-state index contributed by atoms with van der Waals surface area (Å²) in [7, 11) is 0. The quantitative estimate of drug-likeness (QED) is 0.422. The molecule has 3 amide bonds. The summed E-state index contributed by atoms with van der Waals surface area (Å²) in [5, 5.41) is 21.2. The van der Waals surface area contributed by atoms with E-state index in [1.807, 2.05) is 0 Å². The monoisotopic (exact) mass is 295 g/mol. The highest BCUT2D eigenvalue weighted by molar-refractivity contribution is 6.00. The van der Waals surface area contributed by atoms with Gasteiger partial charge >= 0.3 is 0 Å². The maximum Gasteiger partial charge on any atom is 0.255 e. The van der Waals surface area contributed by atoms with Crippen molar-refractivity contribution in [1.29, 1.82) is 0 Å². The van der Waals surface area contributed by atoms with E-state index in [9.17, 15) is 24.6 Å². The summed E-state index contributed by atoms with van der Waals surface area (Å²) in [6, 6.07) is 2.87. The van der Waals surface area contributed by atoms with E-state index in [1.54, 1.807) is 0 Å². The Morgan fingerprint density at radius 2 is 1.86 bits per heavy atom. The van der Waals surface area contributed by atoms with E-state index in [0.717, 1.165) is 0 Å². The Labute approximate surface area is 120 Å². The molecule has 0 aliphatic heterocycles. The highest BCUT2D eigenvalue weighted by Crippen LogP contribution is 2.28. The molecule has 0 aliphatic carbocycles. The number of phenols is 2. The molecule has 0 spiro atoms. The topological polar surface area (TPSA) is 156 Å². The smallest absolute Gasteiger partial charge is 0.255 e. The fraction of sp³-hybridized carbons (Fsp3) is 0.308. The van der Waals surface area contributed by atoms with Crippen molar-refractivity contribution in [3.05, 3.63) is 23.8 Å². The number of nitrogens with one attached hydrogen (secondary N) is 1. The minimum absolute atomic E-state index is 0.0665. The van der Waals surface area contributed by atoms with Gasteiger partial charge in [-0.1, -0.05) is 6.07 Å². The summed E-state index contributed by atoms with van der Waals surface area (Å²) in [5.74, 6) is -3.09. The van der Waals surface area contributed by atoms with Gasteiger partial charge < -0.3 is 27.0 Å². The number of phenolic OH excluding ortho intramolecular Hbond substituents is 2. The molecule has 0 unspecified atom stereocenters. The SMILES string of the molecule is NC(=O)CCC[C@@H](NC(=O)c1cccc(O)c1O)C(N)=O. The van der Waals surface area contributed by atoms with Gasteiger partial charge in [0.1, 0.15) is 6.04 Å². The van der Waals surface area contributed by atoms with Gasteiger partial charge in [0.15, 0.2) is 11.5 Å². The predicted molar refractivity (Wildman–Crippen MR) is 73.3 cm³/mol. The van der Waals surface area contributed by atoms with Crippen LogP contribution in [0.2, 0.25) is 0 Å². The first kappa shape index (κ1) is 16.3. The number of carbonyl (C=O) groups excluding carboxylic acids is 3. The van der Waals surface area contributed by atoms with Gasteiger partial charge in [-0.3, -0.25) is 14.4 Å². The number of aromatic hydroxyl groups is 2. The van der Waals surface area contributed by atoms with Crippen molar-refractivity contribution in [2.75, 3.05) is 0 Å². The van der Waals surface area contributed by atoms with Crippen molar-refractivity contribution in [2.24, 2.45) is 11.5 Å². The maximum atomic E-state index is 11.9. The van der Waals surface area contributed by atoms with Crippen LogP contribution >= 0.6 is 0 Å². The van der Waals surface area contributed by atoms with Crippen molar-refractivity contribution in [3.8, 4) is 11.5 Å². The highest BCUT2D eigenvalue weighted by Gasteiger charge is 2.21. The average molecular weight is 295 g/mol. The molecule has 0 heterocycles. The van der Waals surface area contributed by atoms with Gasteiger partial charge in [0.2, 0.25) is 11.8 Å². The number of carbonyl (C=O) groups is 3. The van der Waals surface area contributed by atoms with Gasteiger partial charge in [-0.05, 0) is 25.0 Å². The fourth-order valence-electron chi connectivity index (χ4n) is 1.72. The summed E-state index contributed by atoms with van der Waals surface area (Å²) < 4.78 is 0. The first-order valence-corrected chi connectivity index (χ1v) is 6.22. The number of rotatable bonds is 7. The number of hydrogen-bond acceptors (Lipinski definition) is 5. The molecule has 114 valence electrons. The van der Waals surface area contributed by atoms with Crippen molar-refractivity contribution >= 4 is 17.7 Å². The first-order chi connectivity index (χ1) is 9.82. The highest BCUT2D eigenvalue weighted by atomic mass is 16.3. The van der Waals surface area contributed by atoms with Crippen molar-refractivity contribution in [1.82, 2.24) is 5.32 Å². The average Bonchev–Trinajstić information content (AvgIpc) is 2.40. The molecule has 1 rings (SSSR count). The molecule has 8 nitrogen and oxygen atoms in total. The second kappa shape index (κ2) is 7.13. The van der Waals surface area contributed by atoms with Gasteiger partial charge in [-0.15, -0.1) is 0 Å². The van der Waals surface area contributed by atoms with Crippen LogP contribution in [0, 0.1) is 0 Å². The van der Waals surface area contributed by atoms with E-state index >= 15 is 0 Å². The zero-order valence-corrected chi connectivity index (χ0v) is 11.2. The third kappa shape index (κ3) is 4.68. The van der Waals surface area contributed by atoms with E-state index in [2.05, 4.69) is 5.32 Å². The van der Waals surface area contributed by atoms with Crippen LogP contribution < -0.4 is 16.8 Å². The van der Waals surface area contributed by atoms with E-state index in [-0.39, 0.29) is 24.8 Å². The Hall–Kier alpha value is -2.77. The number of para-hydroxylation sites is 1. The second-order valence-electron chi connectivity index (χ2n) is 4.46. The Kier molecular flexibility index (Phi) is 5.53. The minimum Gasteiger partial charge on any atom is -0.504 e. The minimum atomic E-state index is -1.00. The molecule has 8 heteroatoms. The summed E-state index contributed by atoms with van der Waals surface area (Å²) in [6.07, 6.45) is 0.496. The number of nitrogens with two attached hydrogens (primary N) is 2. The van der Waals surface area contributed by atoms with Crippen LogP contribution in [0.3, 0.4) is 0 Å². The number of hydrogen-bond donors (Lipinski definition) is 5. The van der Waals surface area contributed by atoms with Crippen LogP contribution in [0.15, 0.2) is 18.2 Å². The summed E-state index contributed by atoms with van der Waals surface area (Å²) in [5.41, 5.74) is 9.96. The molecule has 1 aromatic rings. The molecule has 0 fully saturated rings. The number of amides is 3. The normalized spacial score (nSPS) is 11.6. The van der Waals surface area contributed by atoms with Gasteiger partial charge in [0.25, 0.3) is 5.91 Å². The van der Waals surface area contributed by atoms with E-state index in [4.69, 9.17) is 11.5 Å². The molecule has 21 heavy (non-hydrogen) atoms. The van der Waals surface area contributed by atoms with Crippen molar-refractivity contribution in [2.45, 2.75) is 25.3 Å². The van der Waals surface area contributed by atoms with Gasteiger partial charge in [0.05, 0.1) is 5.56 Å². The molecule has 0 aliphatic rings. The van der Waals surface area contributed by atoms with E-state index < -0.39 is 35.3 Å². The third-order valence-corrected chi connectivity index (χ3v) is 2.82. The molecule has 0 saturated heterocycles. The lowest BCUT2D eigenvalue weighted by molar-refractivity contribution is -0.121. The zero-order chi connectivity index (χ0) is 16.0. The third-order valence-electron chi connectivity index (χ3n) is 2.82. The van der Waals surface area contributed by atoms with Gasteiger partial charge in [0, 0.05) is 6.42 Å². The standard InChI is InChI=1S/C13H17N3O5/c14-10(18)6-2-4-8(12(15)20)16-13(21)7-3-1-5-9(17)11(7)19/h1,3,5,8,17,19H,2,4,6H2,(H2,14,18)(H2,15,20)(H,16,21)/t8-/m1/s1. The Bertz CT molecular complexity index is 559. The summed E-state index contributed by atoms with van der Waals surface area (Å²) >= 11 is 0. The molecular formula is C13H17N3O5. The number of primary amides is 2. The number of benzene rings is 1. The van der Waals surface area contributed by atoms with Crippen LogP contribution in [-0.2, 0) is 9.59 Å². The molecule has 1 atom stereocenters. The van der Waals surface area contributed by atoms with Crippen LogP contribution in [-0.4, -0.2) is 34.0 Å². The lowest BCUT2D eigenvalue weighted by atomic mass is 10.1. The van der Waals surface area contributed by atoms with E-state index in [0.29, 0.717) is 0 Å². The predicted octanol–water partition coefficient (Wildman–Crippen LogP) is -0.663. The molecule has 0 aromatic heterocycles. The van der Waals surface area contributed by atoms with Gasteiger partial charge in [-0.25, -0.2) is 0 Å². The lowest BCUT2D eigenvalue weighted by Gasteiger charge is -2.15. The lowest BCUT2D eigenvalue weighted by Crippen LogP contribution is -2.44.